The third kappa shape index (κ3) is 3.83. The Morgan fingerprint density at radius 2 is 2.29 bits per heavy atom. The first-order valence-electron chi connectivity index (χ1n) is 7.57. The lowest BCUT2D eigenvalue weighted by Gasteiger charge is -2.21. The molecule has 1 saturated heterocycles. The maximum Gasteiger partial charge on any atom is 0.268 e. The fraction of sp³-hybridized carbons (Fsp3) is 0.733. The molecule has 0 amide bonds. The van der Waals surface area contributed by atoms with Crippen LogP contribution in [0, 0.1) is 5.92 Å². The predicted octanol–water partition coefficient (Wildman–Crippen LogP) is 0.712. The molecule has 118 valence electrons. The predicted molar refractivity (Wildman–Crippen MR) is 83.8 cm³/mol. The van der Waals surface area contributed by atoms with Crippen LogP contribution in [0.2, 0.25) is 0 Å². The second-order valence-corrected chi connectivity index (χ2v) is 5.97. The summed E-state index contributed by atoms with van der Waals surface area (Å²) in [4.78, 5) is 14.4. The molecule has 2 heterocycles. The highest BCUT2D eigenvalue weighted by atomic mass is 16.5. The molecular formula is C15H26N4O2. The van der Waals surface area contributed by atoms with E-state index >= 15 is 0 Å². The molecule has 1 aromatic rings. The van der Waals surface area contributed by atoms with Gasteiger partial charge in [0.15, 0.2) is 0 Å². The van der Waals surface area contributed by atoms with E-state index in [2.05, 4.69) is 29.2 Å². The lowest BCUT2D eigenvalue weighted by atomic mass is 10.1. The van der Waals surface area contributed by atoms with Gasteiger partial charge in [0.25, 0.3) is 5.56 Å². The van der Waals surface area contributed by atoms with Crippen LogP contribution < -0.4 is 15.8 Å². The normalized spacial score (nSPS) is 20.2. The minimum absolute atomic E-state index is 0.0470. The Hall–Kier alpha value is -1.40. The molecule has 0 aromatic carbocycles. The Morgan fingerprint density at radius 3 is 2.81 bits per heavy atom. The summed E-state index contributed by atoms with van der Waals surface area (Å²) in [6.45, 7) is 6.60. The van der Waals surface area contributed by atoms with Crippen LogP contribution in [0.1, 0.15) is 20.3 Å². The number of anilines is 1. The molecule has 21 heavy (non-hydrogen) atoms. The average Bonchev–Trinajstić information content (AvgIpc) is 2.94. The van der Waals surface area contributed by atoms with E-state index in [4.69, 9.17) is 4.74 Å². The van der Waals surface area contributed by atoms with Gasteiger partial charge < -0.3 is 15.0 Å². The van der Waals surface area contributed by atoms with Gasteiger partial charge in [-0.25, -0.2) is 4.68 Å². The zero-order valence-electron chi connectivity index (χ0n) is 13.4. The van der Waals surface area contributed by atoms with Gasteiger partial charge in [-0.15, -0.1) is 0 Å². The molecule has 1 N–H and O–H groups in total. The topological polar surface area (TPSA) is 59.4 Å². The second kappa shape index (κ2) is 7.04. The van der Waals surface area contributed by atoms with E-state index in [1.165, 1.54) is 4.68 Å². The van der Waals surface area contributed by atoms with Crippen LogP contribution >= 0.6 is 0 Å². The van der Waals surface area contributed by atoms with Crippen molar-refractivity contribution in [1.29, 1.82) is 0 Å². The van der Waals surface area contributed by atoms with Gasteiger partial charge >= 0.3 is 0 Å². The van der Waals surface area contributed by atoms with Crippen LogP contribution in [0.3, 0.4) is 0 Å². The van der Waals surface area contributed by atoms with Gasteiger partial charge in [0.1, 0.15) is 0 Å². The summed E-state index contributed by atoms with van der Waals surface area (Å²) in [5, 5.41) is 7.56. The molecule has 0 radical (unpaired) electrons. The number of ether oxygens (including phenoxy) is 1. The molecule has 6 nitrogen and oxygen atoms in total. The van der Waals surface area contributed by atoms with Crippen molar-refractivity contribution in [2.24, 2.45) is 5.92 Å². The molecule has 0 spiro atoms. The Labute approximate surface area is 126 Å². The molecule has 2 atom stereocenters. The van der Waals surface area contributed by atoms with Crippen molar-refractivity contribution < 1.29 is 4.74 Å². The Bertz CT molecular complexity index is 515. The zero-order chi connectivity index (χ0) is 15.4. The summed E-state index contributed by atoms with van der Waals surface area (Å²) in [6.07, 6.45) is 3.03. The largest absolute Gasteiger partial charge is 0.380 e. The first-order valence-corrected chi connectivity index (χ1v) is 7.57. The molecule has 6 heteroatoms. The first kappa shape index (κ1) is 16.0. The molecule has 1 fully saturated rings. The van der Waals surface area contributed by atoms with Crippen LogP contribution in [-0.4, -0.2) is 49.2 Å². The molecule has 2 rings (SSSR count). The van der Waals surface area contributed by atoms with Crippen LogP contribution in [0.25, 0.3) is 0 Å². The van der Waals surface area contributed by atoms with Gasteiger partial charge in [-0.2, -0.15) is 5.10 Å². The molecule has 1 aliphatic rings. The number of methoxy groups -OCH3 is 1. The zero-order valence-corrected chi connectivity index (χ0v) is 13.4. The summed E-state index contributed by atoms with van der Waals surface area (Å²) in [5.74, 6) is 0.449. The fourth-order valence-corrected chi connectivity index (χ4v) is 2.71. The van der Waals surface area contributed by atoms with Gasteiger partial charge in [-0.3, -0.25) is 4.79 Å². The third-order valence-corrected chi connectivity index (χ3v) is 4.24. The lowest BCUT2D eigenvalue weighted by molar-refractivity contribution is 0.121. The third-order valence-electron chi connectivity index (χ3n) is 4.24. The Balaban J connectivity index is 2.09. The maximum absolute atomic E-state index is 12.2. The summed E-state index contributed by atoms with van der Waals surface area (Å²) in [7, 11) is 3.65. The molecular weight excluding hydrogens is 268 g/mol. The number of hydrogen-bond donors (Lipinski definition) is 1. The Morgan fingerprint density at radius 1 is 1.52 bits per heavy atom. The van der Waals surface area contributed by atoms with Gasteiger partial charge in [0.05, 0.1) is 24.5 Å². The highest BCUT2D eigenvalue weighted by molar-refractivity contribution is 5.44. The number of likely N-dealkylation sites (N-methyl/N-ethyl adjacent to an activating group) is 1. The number of aromatic nitrogens is 2. The molecule has 2 unspecified atom stereocenters. The van der Waals surface area contributed by atoms with E-state index in [1.807, 2.05) is 7.05 Å². The standard InChI is InChI=1S/C15H26N4O2/c1-11(2)14(16-3)10-19-15(20)7-12(8-17-19)18-6-5-13(9-18)21-4/h7-8,11,13-14,16H,5-6,9-10H2,1-4H3. The minimum atomic E-state index is -0.0470. The van der Waals surface area contributed by atoms with Crippen molar-refractivity contribution in [3.05, 3.63) is 22.6 Å². The quantitative estimate of drug-likeness (QED) is 0.837. The van der Waals surface area contributed by atoms with E-state index in [1.54, 1.807) is 19.4 Å². The van der Waals surface area contributed by atoms with Crippen molar-refractivity contribution >= 4 is 5.69 Å². The van der Waals surface area contributed by atoms with E-state index < -0.39 is 0 Å². The van der Waals surface area contributed by atoms with E-state index in [-0.39, 0.29) is 17.7 Å². The van der Waals surface area contributed by atoms with E-state index in [0.717, 1.165) is 25.2 Å². The summed E-state index contributed by atoms with van der Waals surface area (Å²) in [5.41, 5.74) is 0.843. The van der Waals surface area contributed by atoms with Gasteiger partial charge in [0.2, 0.25) is 0 Å². The molecule has 1 aliphatic heterocycles. The highest BCUT2D eigenvalue weighted by Crippen LogP contribution is 2.19. The summed E-state index contributed by atoms with van der Waals surface area (Å²) >= 11 is 0. The minimum Gasteiger partial charge on any atom is -0.380 e. The summed E-state index contributed by atoms with van der Waals surface area (Å²) in [6, 6.07) is 1.92. The second-order valence-electron chi connectivity index (χ2n) is 5.97. The van der Waals surface area contributed by atoms with Crippen molar-refractivity contribution in [2.75, 3.05) is 32.1 Å². The van der Waals surface area contributed by atoms with E-state index in [0.29, 0.717) is 12.5 Å². The number of nitrogens with zero attached hydrogens (tertiary/aromatic N) is 3. The first-order chi connectivity index (χ1) is 10.0. The molecule has 0 bridgehead atoms. The SMILES string of the molecule is CNC(Cn1ncc(N2CCC(OC)C2)cc1=O)C(C)C. The highest BCUT2D eigenvalue weighted by Gasteiger charge is 2.23. The van der Waals surface area contributed by atoms with Crippen LogP contribution in [-0.2, 0) is 11.3 Å². The molecule has 0 saturated carbocycles. The lowest BCUT2D eigenvalue weighted by Crippen LogP contribution is -2.39. The van der Waals surface area contributed by atoms with Gasteiger partial charge in [0, 0.05) is 32.3 Å². The van der Waals surface area contributed by atoms with Gasteiger partial charge in [-0.05, 0) is 19.4 Å². The number of nitrogens with one attached hydrogen (secondary N) is 1. The molecule has 0 aliphatic carbocycles. The van der Waals surface area contributed by atoms with Crippen molar-refractivity contribution in [3.8, 4) is 0 Å². The fourth-order valence-electron chi connectivity index (χ4n) is 2.71. The number of rotatable bonds is 6. The van der Waals surface area contributed by atoms with Crippen LogP contribution in [0.4, 0.5) is 5.69 Å². The summed E-state index contributed by atoms with van der Waals surface area (Å²) < 4.78 is 6.89. The molecule has 1 aromatic heterocycles. The van der Waals surface area contributed by atoms with E-state index in [9.17, 15) is 4.79 Å². The van der Waals surface area contributed by atoms with Gasteiger partial charge in [-0.1, -0.05) is 13.8 Å². The average molecular weight is 294 g/mol. The maximum atomic E-state index is 12.2. The smallest absolute Gasteiger partial charge is 0.268 e. The van der Waals surface area contributed by atoms with Crippen molar-refractivity contribution in [1.82, 2.24) is 15.1 Å². The van der Waals surface area contributed by atoms with Crippen molar-refractivity contribution in [3.63, 3.8) is 0 Å². The van der Waals surface area contributed by atoms with Crippen LogP contribution in [0.15, 0.2) is 17.1 Å². The number of hydrogen-bond acceptors (Lipinski definition) is 5. The van der Waals surface area contributed by atoms with Crippen LogP contribution in [0.5, 0.6) is 0 Å². The van der Waals surface area contributed by atoms with Crippen molar-refractivity contribution in [2.45, 2.75) is 39.0 Å². The monoisotopic (exact) mass is 294 g/mol. The Kier molecular flexibility index (Phi) is 5.36.